The molecule has 0 fully saturated rings. The van der Waals surface area contributed by atoms with Crippen LogP contribution in [0.25, 0.3) is 0 Å². The molecule has 0 unspecified atom stereocenters. The Balaban J connectivity index is 2.17. The van der Waals surface area contributed by atoms with Gasteiger partial charge in [0.1, 0.15) is 11.5 Å². The van der Waals surface area contributed by atoms with Gasteiger partial charge in [-0.1, -0.05) is 89.1 Å². The third kappa shape index (κ3) is 6.33. The fourth-order valence-electron chi connectivity index (χ4n) is 4.27. The zero-order chi connectivity index (χ0) is 24.4. The maximum absolute atomic E-state index is 14.9. The first-order valence-corrected chi connectivity index (χ1v) is 14.4. The van der Waals surface area contributed by atoms with Gasteiger partial charge >= 0.3 is 7.60 Å². The molecule has 3 rings (SSSR count). The first-order chi connectivity index (χ1) is 16.6. The predicted molar refractivity (Wildman–Crippen MR) is 144 cm³/mol. The molecule has 0 bridgehead atoms. The van der Waals surface area contributed by atoms with Gasteiger partial charge in [0.05, 0.1) is 5.30 Å². The summed E-state index contributed by atoms with van der Waals surface area (Å²) in [7, 11) is -3.73. The van der Waals surface area contributed by atoms with Crippen LogP contribution in [0, 0.1) is 0 Å². The van der Waals surface area contributed by atoms with Crippen LogP contribution < -0.4 is 14.4 Å². The standard InChI is InChI=1S/C30H39O3P/c1-5-9-16-26-19-15-23-30(27(26)20-10-6-2)34(31,32-28-21-13-11-17-24(28)7-3)33-29-22-14-12-18-25(29)8-4/h11-15,17-19,21-23H,5-10,16,20H2,1-4H3. The van der Waals surface area contributed by atoms with Gasteiger partial charge in [-0.15, -0.1) is 0 Å². The van der Waals surface area contributed by atoms with Crippen molar-refractivity contribution in [3.05, 3.63) is 89.0 Å². The van der Waals surface area contributed by atoms with E-state index in [1.54, 1.807) is 0 Å². The zero-order valence-corrected chi connectivity index (χ0v) is 22.1. The van der Waals surface area contributed by atoms with Crippen molar-refractivity contribution in [3.63, 3.8) is 0 Å². The third-order valence-corrected chi connectivity index (χ3v) is 8.15. The van der Waals surface area contributed by atoms with Crippen molar-refractivity contribution in [1.82, 2.24) is 0 Å². The quantitative estimate of drug-likeness (QED) is 0.231. The van der Waals surface area contributed by atoms with Crippen LogP contribution in [0.15, 0.2) is 66.7 Å². The van der Waals surface area contributed by atoms with Gasteiger partial charge in [-0.3, -0.25) is 0 Å². The van der Waals surface area contributed by atoms with E-state index in [0.717, 1.165) is 68.1 Å². The Morgan fingerprint density at radius 2 is 1.12 bits per heavy atom. The SMILES string of the molecule is CCCCc1cccc(P(=O)(Oc2ccccc2CC)Oc2ccccc2CC)c1CCCC. The van der Waals surface area contributed by atoms with E-state index in [0.29, 0.717) is 16.8 Å². The van der Waals surface area contributed by atoms with Crippen LogP contribution in [0.2, 0.25) is 0 Å². The first-order valence-electron chi connectivity index (χ1n) is 12.8. The Morgan fingerprint density at radius 3 is 1.65 bits per heavy atom. The van der Waals surface area contributed by atoms with E-state index in [2.05, 4.69) is 33.8 Å². The first kappa shape index (κ1) is 26.1. The van der Waals surface area contributed by atoms with Crippen molar-refractivity contribution in [2.45, 2.75) is 79.1 Å². The van der Waals surface area contributed by atoms with Gasteiger partial charge in [-0.2, -0.15) is 0 Å². The highest BCUT2D eigenvalue weighted by Gasteiger charge is 2.35. The smallest absolute Gasteiger partial charge is 0.413 e. The van der Waals surface area contributed by atoms with E-state index in [4.69, 9.17) is 9.05 Å². The molecule has 0 N–H and O–H groups in total. The molecule has 0 heterocycles. The number of aryl methyl sites for hydroxylation is 3. The lowest BCUT2D eigenvalue weighted by Crippen LogP contribution is -2.21. The summed E-state index contributed by atoms with van der Waals surface area (Å²) in [5.41, 5.74) is 4.43. The van der Waals surface area contributed by atoms with E-state index in [9.17, 15) is 4.57 Å². The Morgan fingerprint density at radius 1 is 0.618 bits per heavy atom. The van der Waals surface area contributed by atoms with Crippen molar-refractivity contribution >= 4 is 12.9 Å². The van der Waals surface area contributed by atoms with Crippen LogP contribution in [0.5, 0.6) is 11.5 Å². The monoisotopic (exact) mass is 478 g/mol. The molecule has 4 heteroatoms. The summed E-state index contributed by atoms with van der Waals surface area (Å²) in [4.78, 5) is 0. The van der Waals surface area contributed by atoms with Crippen LogP contribution in [-0.2, 0) is 30.2 Å². The molecule has 182 valence electrons. The summed E-state index contributed by atoms with van der Waals surface area (Å²) in [6, 6.07) is 21.8. The van der Waals surface area contributed by atoms with Crippen LogP contribution in [0.1, 0.15) is 75.6 Å². The summed E-state index contributed by atoms with van der Waals surface area (Å²) < 4.78 is 27.7. The van der Waals surface area contributed by atoms with E-state index >= 15 is 0 Å². The lowest BCUT2D eigenvalue weighted by Gasteiger charge is -2.25. The summed E-state index contributed by atoms with van der Waals surface area (Å²) >= 11 is 0. The van der Waals surface area contributed by atoms with Crippen LogP contribution in [-0.4, -0.2) is 0 Å². The largest absolute Gasteiger partial charge is 0.463 e. The third-order valence-electron chi connectivity index (χ3n) is 6.27. The molecule has 0 saturated heterocycles. The molecule has 3 aromatic rings. The van der Waals surface area contributed by atoms with Crippen molar-refractivity contribution in [3.8, 4) is 11.5 Å². The summed E-state index contributed by atoms with van der Waals surface area (Å²) in [5.74, 6) is 1.26. The molecule has 3 nitrogen and oxygen atoms in total. The van der Waals surface area contributed by atoms with Crippen molar-refractivity contribution in [2.24, 2.45) is 0 Å². The van der Waals surface area contributed by atoms with Crippen LogP contribution in [0.3, 0.4) is 0 Å². The minimum absolute atomic E-state index is 0.628. The van der Waals surface area contributed by atoms with Gasteiger partial charge in [-0.25, -0.2) is 4.57 Å². The van der Waals surface area contributed by atoms with Crippen molar-refractivity contribution < 1.29 is 13.6 Å². The Labute approximate surface area is 206 Å². The summed E-state index contributed by atoms with van der Waals surface area (Å²) in [6.07, 6.45) is 7.76. The van der Waals surface area contributed by atoms with Crippen molar-refractivity contribution in [1.29, 1.82) is 0 Å². The van der Waals surface area contributed by atoms with Gasteiger partial charge in [0.25, 0.3) is 0 Å². The Hall–Kier alpha value is -2.51. The molecule has 34 heavy (non-hydrogen) atoms. The lowest BCUT2D eigenvalue weighted by molar-refractivity contribution is 0.395. The highest BCUT2D eigenvalue weighted by atomic mass is 31.2. The molecule has 3 aromatic carbocycles. The zero-order valence-electron chi connectivity index (χ0n) is 21.2. The Bertz CT molecular complexity index is 1050. The molecule has 0 aliphatic carbocycles. The number of benzene rings is 3. The minimum atomic E-state index is -3.73. The second-order valence-electron chi connectivity index (χ2n) is 8.72. The second kappa shape index (κ2) is 12.8. The molecular weight excluding hydrogens is 439 g/mol. The average Bonchev–Trinajstić information content (AvgIpc) is 2.86. The topological polar surface area (TPSA) is 35.5 Å². The highest BCUT2D eigenvalue weighted by molar-refractivity contribution is 7.63. The minimum Gasteiger partial charge on any atom is -0.413 e. The fourth-order valence-corrected chi connectivity index (χ4v) is 6.23. The van der Waals surface area contributed by atoms with E-state index in [1.165, 1.54) is 5.56 Å². The lowest BCUT2D eigenvalue weighted by atomic mass is 9.98. The number of rotatable bonds is 13. The molecule has 0 amide bonds. The molecule has 0 atom stereocenters. The molecule has 0 aromatic heterocycles. The van der Waals surface area contributed by atoms with Crippen LogP contribution in [0.4, 0.5) is 0 Å². The van der Waals surface area contributed by atoms with Gasteiger partial charge in [0, 0.05) is 0 Å². The molecule has 0 saturated carbocycles. The molecule has 0 radical (unpaired) electrons. The summed E-state index contributed by atoms with van der Waals surface area (Å²) in [6.45, 7) is 8.56. The Kier molecular flexibility index (Phi) is 9.84. The maximum Gasteiger partial charge on any atom is 0.463 e. The van der Waals surface area contributed by atoms with Gasteiger partial charge in [0.2, 0.25) is 0 Å². The molecule has 0 aliphatic heterocycles. The predicted octanol–water partition coefficient (Wildman–Crippen LogP) is 8.47. The number of hydrogen-bond donors (Lipinski definition) is 0. The normalized spacial score (nSPS) is 11.4. The molecule has 0 aliphatic rings. The van der Waals surface area contributed by atoms with E-state index in [1.807, 2.05) is 60.7 Å². The van der Waals surface area contributed by atoms with Crippen molar-refractivity contribution in [2.75, 3.05) is 0 Å². The molecule has 0 spiro atoms. The number of unbranched alkanes of at least 4 members (excludes halogenated alkanes) is 2. The van der Waals surface area contributed by atoms with Crippen LogP contribution >= 0.6 is 7.60 Å². The number of para-hydroxylation sites is 2. The van der Waals surface area contributed by atoms with Gasteiger partial charge in [-0.05, 0) is 79.0 Å². The van der Waals surface area contributed by atoms with E-state index < -0.39 is 7.60 Å². The van der Waals surface area contributed by atoms with E-state index in [-0.39, 0.29) is 0 Å². The molecular formula is C30H39O3P. The highest BCUT2D eigenvalue weighted by Crippen LogP contribution is 2.50. The number of hydrogen-bond acceptors (Lipinski definition) is 3. The average molecular weight is 479 g/mol. The maximum atomic E-state index is 14.9. The second-order valence-corrected chi connectivity index (χ2v) is 10.6. The van der Waals surface area contributed by atoms with Gasteiger partial charge in [0.15, 0.2) is 0 Å². The van der Waals surface area contributed by atoms with Gasteiger partial charge < -0.3 is 9.05 Å². The summed E-state index contributed by atoms with van der Waals surface area (Å²) in [5, 5.41) is 0.700. The fraction of sp³-hybridized carbons (Fsp3) is 0.400.